The monoisotopic (exact) mass is 834 g/mol. The Hall–Kier alpha value is -5.02. The number of carbonyl (C=O) groups is 5. The van der Waals surface area contributed by atoms with Crippen molar-refractivity contribution in [3.8, 4) is 16.2 Å². The fourth-order valence-corrected chi connectivity index (χ4v) is 7.59. The van der Waals surface area contributed by atoms with Crippen LogP contribution in [0.3, 0.4) is 0 Å². The number of primary amides is 1. The first-order chi connectivity index (χ1) is 27.8. The van der Waals surface area contributed by atoms with Crippen LogP contribution in [0.15, 0.2) is 54.0 Å². The zero-order chi connectivity index (χ0) is 43.3. The number of rotatable bonds is 19. The number of benzene rings is 2. The van der Waals surface area contributed by atoms with Crippen LogP contribution < -0.4 is 26.4 Å². The van der Waals surface area contributed by atoms with Crippen molar-refractivity contribution in [1.82, 2.24) is 25.8 Å². The zero-order valence-electron chi connectivity index (χ0n) is 35.5. The Bertz CT molecular complexity index is 1890. The van der Waals surface area contributed by atoms with Gasteiger partial charge in [-0.05, 0) is 87.6 Å². The predicted molar refractivity (Wildman–Crippen MR) is 227 cm³/mol. The van der Waals surface area contributed by atoms with E-state index in [1.54, 1.807) is 32.1 Å². The van der Waals surface area contributed by atoms with Crippen LogP contribution in [0.2, 0.25) is 0 Å². The van der Waals surface area contributed by atoms with E-state index < -0.39 is 53.2 Å². The molecule has 0 unspecified atom stereocenters. The van der Waals surface area contributed by atoms with E-state index in [2.05, 4.69) is 20.9 Å². The summed E-state index contributed by atoms with van der Waals surface area (Å²) in [5, 5.41) is 19.2. The molecule has 2 aromatic carbocycles. The van der Waals surface area contributed by atoms with Gasteiger partial charge in [-0.15, -0.1) is 11.3 Å². The SMILES string of the molecule is Cc1ncsc1-c1ccc(CNC(=O)[C@@H]2C[C@@H](O)CN2C(=O)[C@@H](NC(=O)CCCCCc2cccc(OC[C@H](CCC(N)=O)NC(=O)OC(C)(C)C)c2)C(C)(C)C)cc1. The molecule has 322 valence electrons. The average molecular weight is 835 g/mol. The van der Waals surface area contributed by atoms with E-state index in [0.29, 0.717) is 18.6 Å². The number of ether oxygens (including phenoxy) is 2. The number of nitrogens with two attached hydrogens (primary N) is 1. The smallest absolute Gasteiger partial charge is 0.407 e. The molecule has 15 heteroatoms. The molecular weight excluding hydrogens is 773 g/mol. The van der Waals surface area contributed by atoms with Crippen molar-refractivity contribution in [2.45, 2.75) is 136 Å². The number of β-amino-alcohol motifs (C(OH)–C–C–N with tert-alkyl or cyclic N) is 1. The first-order valence-corrected chi connectivity index (χ1v) is 21.2. The lowest BCUT2D eigenvalue weighted by Gasteiger charge is -2.35. The third kappa shape index (κ3) is 15.3. The Labute approximate surface area is 352 Å². The van der Waals surface area contributed by atoms with Crippen LogP contribution in [-0.2, 0) is 36.9 Å². The van der Waals surface area contributed by atoms with Gasteiger partial charge in [-0.2, -0.15) is 0 Å². The average Bonchev–Trinajstić information content (AvgIpc) is 3.77. The molecule has 6 N–H and O–H groups in total. The molecule has 1 aromatic heterocycles. The minimum atomic E-state index is -0.893. The van der Waals surface area contributed by atoms with Gasteiger partial charge in [0.05, 0.1) is 28.2 Å². The second-order valence-corrected chi connectivity index (χ2v) is 18.2. The van der Waals surface area contributed by atoms with Gasteiger partial charge in [0, 0.05) is 32.4 Å². The van der Waals surface area contributed by atoms with E-state index in [-0.39, 0.29) is 50.8 Å². The number of nitrogens with zero attached hydrogens (tertiary/aromatic N) is 2. The maximum Gasteiger partial charge on any atom is 0.407 e. The molecule has 0 radical (unpaired) electrons. The third-order valence-electron chi connectivity index (χ3n) is 9.89. The van der Waals surface area contributed by atoms with Gasteiger partial charge in [0.25, 0.3) is 0 Å². The van der Waals surface area contributed by atoms with Crippen LogP contribution in [0.1, 0.15) is 103 Å². The molecular formula is C44H62N6O8S. The standard InChI is InChI=1S/C44H62N6O8S/c1-28-38(59-27-47-28)31-18-16-30(17-19-31)24-46-40(54)35-23-33(51)25-50(35)41(55)39(43(2,3)4)49-37(53)15-10-8-9-12-29-13-11-14-34(22-29)57-26-32(20-21-36(45)52)48-42(56)58-44(5,6)7/h11,13-14,16-19,22,27,32-33,35,39,51H,8-10,12,15,20-21,23-26H2,1-7H3,(H2,45,52)(H,46,54)(H,48,56)(H,49,53)/t32-,33+,35-,39+/m0/s1. The maximum absolute atomic E-state index is 14.0. The lowest BCUT2D eigenvalue weighted by Crippen LogP contribution is -2.57. The van der Waals surface area contributed by atoms with Gasteiger partial charge in [0.1, 0.15) is 30.0 Å². The summed E-state index contributed by atoms with van der Waals surface area (Å²) in [5.41, 5.74) is 9.78. The van der Waals surface area contributed by atoms with Crippen molar-refractivity contribution < 1.29 is 38.6 Å². The van der Waals surface area contributed by atoms with Gasteiger partial charge >= 0.3 is 6.09 Å². The number of hydrogen-bond acceptors (Lipinski definition) is 10. The van der Waals surface area contributed by atoms with Crippen LogP contribution in [0, 0.1) is 12.3 Å². The highest BCUT2D eigenvalue weighted by atomic mass is 32.1. The van der Waals surface area contributed by atoms with Crippen LogP contribution in [0.25, 0.3) is 10.4 Å². The minimum Gasteiger partial charge on any atom is -0.491 e. The number of aryl methyl sites for hydroxylation is 2. The third-order valence-corrected chi connectivity index (χ3v) is 10.9. The number of aliphatic hydroxyl groups is 1. The van der Waals surface area contributed by atoms with Crippen molar-refractivity contribution in [3.63, 3.8) is 0 Å². The molecule has 59 heavy (non-hydrogen) atoms. The number of unbranched alkanes of at least 4 members (excludes halogenated alkanes) is 2. The largest absolute Gasteiger partial charge is 0.491 e. The van der Waals surface area contributed by atoms with Gasteiger partial charge in [0.15, 0.2) is 0 Å². The molecule has 4 rings (SSSR count). The molecule has 0 saturated carbocycles. The second-order valence-electron chi connectivity index (χ2n) is 17.3. The fourth-order valence-electron chi connectivity index (χ4n) is 6.78. The first kappa shape index (κ1) is 46.7. The van der Waals surface area contributed by atoms with Crippen molar-refractivity contribution in [2.24, 2.45) is 11.1 Å². The van der Waals surface area contributed by atoms with E-state index in [4.69, 9.17) is 15.2 Å². The molecule has 1 saturated heterocycles. The lowest BCUT2D eigenvalue weighted by atomic mass is 9.85. The molecule has 5 amide bonds. The molecule has 1 aliphatic rings. The molecule has 3 aromatic rings. The Kier molecular flexibility index (Phi) is 16.8. The maximum atomic E-state index is 14.0. The number of nitrogens with one attached hydrogen (secondary N) is 3. The normalized spacial score (nSPS) is 16.5. The number of hydrogen-bond donors (Lipinski definition) is 5. The van der Waals surface area contributed by atoms with Crippen LogP contribution >= 0.6 is 11.3 Å². The van der Waals surface area contributed by atoms with Gasteiger partial charge < -0.3 is 41.2 Å². The molecule has 14 nitrogen and oxygen atoms in total. The topological polar surface area (TPSA) is 202 Å². The zero-order valence-corrected chi connectivity index (χ0v) is 36.3. The van der Waals surface area contributed by atoms with Crippen molar-refractivity contribution in [2.75, 3.05) is 13.2 Å². The predicted octanol–water partition coefficient (Wildman–Crippen LogP) is 5.57. The first-order valence-electron chi connectivity index (χ1n) is 20.3. The number of thiazole rings is 1. The lowest BCUT2D eigenvalue weighted by molar-refractivity contribution is -0.144. The highest BCUT2D eigenvalue weighted by Gasteiger charge is 2.44. The van der Waals surface area contributed by atoms with Crippen molar-refractivity contribution >= 4 is 41.1 Å². The van der Waals surface area contributed by atoms with Crippen LogP contribution in [0.5, 0.6) is 5.75 Å². The van der Waals surface area contributed by atoms with E-state index >= 15 is 0 Å². The molecule has 0 aliphatic carbocycles. The molecule has 2 heterocycles. The highest BCUT2D eigenvalue weighted by molar-refractivity contribution is 7.13. The highest BCUT2D eigenvalue weighted by Crippen LogP contribution is 2.28. The Balaban J connectivity index is 1.23. The van der Waals surface area contributed by atoms with Crippen molar-refractivity contribution in [3.05, 3.63) is 70.9 Å². The molecule has 1 fully saturated rings. The Morgan fingerprint density at radius 2 is 1.69 bits per heavy atom. The fraction of sp³-hybridized carbons (Fsp3) is 0.545. The number of aromatic nitrogens is 1. The summed E-state index contributed by atoms with van der Waals surface area (Å²) in [6.07, 6.45) is 2.24. The van der Waals surface area contributed by atoms with E-state index in [1.807, 2.05) is 81.7 Å². The Morgan fingerprint density at radius 3 is 2.34 bits per heavy atom. The molecule has 0 spiro atoms. The van der Waals surface area contributed by atoms with Crippen molar-refractivity contribution in [1.29, 1.82) is 0 Å². The molecule has 0 bridgehead atoms. The summed E-state index contributed by atoms with van der Waals surface area (Å²) in [6, 6.07) is 13.3. The van der Waals surface area contributed by atoms with Crippen LogP contribution in [-0.4, -0.2) is 87.7 Å². The summed E-state index contributed by atoms with van der Waals surface area (Å²) in [5.74, 6) is -0.857. The summed E-state index contributed by atoms with van der Waals surface area (Å²) in [6.45, 7) is 13.3. The number of likely N-dealkylation sites (tertiary alicyclic amines) is 1. The summed E-state index contributed by atoms with van der Waals surface area (Å²) >= 11 is 1.57. The number of amides is 5. The number of aliphatic hydroxyl groups excluding tert-OH is 1. The minimum absolute atomic E-state index is 0.00730. The number of alkyl carbamates (subject to hydrolysis) is 1. The summed E-state index contributed by atoms with van der Waals surface area (Å²) < 4.78 is 11.3. The van der Waals surface area contributed by atoms with E-state index in [9.17, 15) is 29.1 Å². The van der Waals surface area contributed by atoms with Crippen LogP contribution in [0.4, 0.5) is 4.79 Å². The van der Waals surface area contributed by atoms with Gasteiger partial charge in [-0.1, -0.05) is 63.6 Å². The van der Waals surface area contributed by atoms with Gasteiger partial charge in [-0.25, -0.2) is 9.78 Å². The second kappa shape index (κ2) is 21.3. The molecule has 4 atom stereocenters. The number of carbonyl (C=O) groups excluding carboxylic acids is 5. The quantitative estimate of drug-likeness (QED) is 0.0958. The van der Waals surface area contributed by atoms with Gasteiger partial charge in [-0.3, -0.25) is 19.2 Å². The van der Waals surface area contributed by atoms with E-state index in [1.165, 1.54) is 4.90 Å². The summed E-state index contributed by atoms with van der Waals surface area (Å²) in [4.78, 5) is 71.2. The van der Waals surface area contributed by atoms with E-state index in [0.717, 1.165) is 46.5 Å². The molecule has 1 aliphatic heterocycles. The van der Waals surface area contributed by atoms with Gasteiger partial charge in [0.2, 0.25) is 23.6 Å². The summed E-state index contributed by atoms with van der Waals surface area (Å²) in [7, 11) is 0. The Morgan fingerprint density at radius 1 is 0.966 bits per heavy atom.